The second kappa shape index (κ2) is 13.7. The van der Waals surface area contributed by atoms with Crippen molar-refractivity contribution in [2.24, 2.45) is 10.9 Å². The number of rotatable bonds is 9. The van der Waals surface area contributed by atoms with E-state index in [1.54, 1.807) is 6.33 Å². The van der Waals surface area contributed by atoms with E-state index in [0.29, 0.717) is 12.0 Å². The standard InChI is InChI=1S/C23H37N7.HI/c1-4-22-28-26-18-30(22)15-12-24-23(25-16-19(2)3)27-21-10-13-29(14-11-21)17-20-8-6-5-7-9-20;/h5-9,18-19,21H,4,10-17H2,1-3H3,(H2,24,25,27);1H. The first-order valence-corrected chi connectivity index (χ1v) is 11.3. The summed E-state index contributed by atoms with van der Waals surface area (Å²) in [6.07, 6.45) is 4.98. The summed E-state index contributed by atoms with van der Waals surface area (Å²) in [5, 5.41) is 15.4. The van der Waals surface area contributed by atoms with E-state index in [1.807, 2.05) is 0 Å². The zero-order valence-corrected chi connectivity index (χ0v) is 21.5. The molecule has 7 nitrogen and oxygen atoms in total. The SMILES string of the molecule is CCc1nncn1CCNC(=NCC(C)C)NC1CCN(Cc2ccccc2)CC1.I. The number of aryl methyl sites for hydroxylation is 1. The summed E-state index contributed by atoms with van der Waals surface area (Å²) in [5.41, 5.74) is 1.39. The van der Waals surface area contributed by atoms with E-state index in [2.05, 4.69) is 81.4 Å². The van der Waals surface area contributed by atoms with Crippen LogP contribution in [0.25, 0.3) is 0 Å². The van der Waals surface area contributed by atoms with Gasteiger partial charge in [-0.25, -0.2) is 0 Å². The van der Waals surface area contributed by atoms with Gasteiger partial charge in [0, 0.05) is 51.7 Å². The fourth-order valence-corrected chi connectivity index (χ4v) is 3.73. The molecule has 3 rings (SSSR count). The summed E-state index contributed by atoms with van der Waals surface area (Å²) in [5.74, 6) is 2.49. The Balaban J connectivity index is 0.00000341. The molecule has 2 aromatic rings. The molecular weight excluding hydrogens is 501 g/mol. The number of piperidine rings is 1. The van der Waals surface area contributed by atoms with Crippen LogP contribution in [0.3, 0.4) is 0 Å². The van der Waals surface area contributed by atoms with Crippen molar-refractivity contribution in [2.75, 3.05) is 26.2 Å². The van der Waals surface area contributed by atoms with E-state index in [1.165, 1.54) is 5.56 Å². The molecule has 1 fully saturated rings. The van der Waals surface area contributed by atoms with Gasteiger partial charge in [0.2, 0.25) is 0 Å². The van der Waals surface area contributed by atoms with Crippen molar-refractivity contribution in [1.29, 1.82) is 0 Å². The minimum absolute atomic E-state index is 0. The van der Waals surface area contributed by atoms with Gasteiger partial charge in [0.25, 0.3) is 0 Å². The number of nitrogens with one attached hydrogen (secondary N) is 2. The molecule has 0 radical (unpaired) electrons. The van der Waals surface area contributed by atoms with Crippen molar-refractivity contribution < 1.29 is 0 Å². The third-order valence-corrected chi connectivity index (χ3v) is 5.45. The molecule has 2 N–H and O–H groups in total. The zero-order chi connectivity index (χ0) is 21.2. The van der Waals surface area contributed by atoms with Crippen LogP contribution in [0.1, 0.15) is 45.0 Å². The minimum atomic E-state index is 0. The molecule has 1 aliphatic rings. The molecule has 0 atom stereocenters. The molecule has 1 aromatic carbocycles. The van der Waals surface area contributed by atoms with Crippen molar-refractivity contribution in [3.8, 4) is 0 Å². The van der Waals surface area contributed by atoms with Crippen LogP contribution in [0.4, 0.5) is 0 Å². The lowest BCUT2D eigenvalue weighted by Crippen LogP contribution is -2.49. The summed E-state index contributed by atoms with van der Waals surface area (Å²) in [4.78, 5) is 7.35. The summed E-state index contributed by atoms with van der Waals surface area (Å²) in [6, 6.07) is 11.2. The van der Waals surface area contributed by atoms with E-state index in [-0.39, 0.29) is 24.0 Å². The Morgan fingerprint density at radius 1 is 1.19 bits per heavy atom. The highest BCUT2D eigenvalue weighted by atomic mass is 127. The molecule has 8 heteroatoms. The summed E-state index contributed by atoms with van der Waals surface area (Å²) >= 11 is 0. The fraction of sp³-hybridized carbons (Fsp3) is 0.609. The van der Waals surface area contributed by atoms with E-state index >= 15 is 0 Å². The summed E-state index contributed by atoms with van der Waals surface area (Å²) in [6.45, 7) is 12.3. The molecule has 0 spiro atoms. The Labute approximate surface area is 204 Å². The molecule has 0 saturated carbocycles. The van der Waals surface area contributed by atoms with Crippen LogP contribution in [0.5, 0.6) is 0 Å². The molecule has 1 aromatic heterocycles. The van der Waals surface area contributed by atoms with Crippen LogP contribution in [0.2, 0.25) is 0 Å². The third kappa shape index (κ3) is 8.76. The lowest BCUT2D eigenvalue weighted by Gasteiger charge is -2.33. The first-order chi connectivity index (χ1) is 14.6. The second-order valence-electron chi connectivity index (χ2n) is 8.48. The maximum atomic E-state index is 4.81. The molecule has 0 bridgehead atoms. The average Bonchev–Trinajstić information content (AvgIpc) is 3.21. The monoisotopic (exact) mass is 539 g/mol. The predicted molar refractivity (Wildman–Crippen MR) is 138 cm³/mol. The molecule has 0 aliphatic carbocycles. The lowest BCUT2D eigenvalue weighted by molar-refractivity contribution is 0.198. The van der Waals surface area contributed by atoms with Gasteiger partial charge in [-0.3, -0.25) is 9.89 Å². The molecule has 31 heavy (non-hydrogen) atoms. The molecule has 1 aliphatic heterocycles. The molecule has 0 unspecified atom stereocenters. The highest BCUT2D eigenvalue weighted by Gasteiger charge is 2.20. The van der Waals surface area contributed by atoms with Crippen molar-refractivity contribution >= 4 is 29.9 Å². The Hall–Kier alpha value is -1.68. The Morgan fingerprint density at radius 2 is 1.94 bits per heavy atom. The summed E-state index contributed by atoms with van der Waals surface area (Å²) < 4.78 is 2.11. The number of halogens is 1. The van der Waals surface area contributed by atoms with Gasteiger partial charge in [-0.2, -0.15) is 0 Å². The molecule has 2 heterocycles. The van der Waals surface area contributed by atoms with Crippen molar-refractivity contribution in [3.63, 3.8) is 0 Å². The number of guanidine groups is 1. The van der Waals surface area contributed by atoms with Crippen LogP contribution in [-0.4, -0.2) is 57.8 Å². The normalized spacial score (nSPS) is 15.7. The fourth-order valence-electron chi connectivity index (χ4n) is 3.73. The van der Waals surface area contributed by atoms with E-state index in [9.17, 15) is 0 Å². The maximum absolute atomic E-state index is 4.81. The Morgan fingerprint density at radius 3 is 2.61 bits per heavy atom. The smallest absolute Gasteiger partial charge is 0.191 e. The van der Waals surface area contributed by atoms with Gasteiger partial charge in [0.15, 0.2) is 5.96 Å². The van der Waals surface area contributed by atoms with Crippen LogP contribution in [0, 0.1) is 5.92 Å². The van der Waals surface area contributed by atoms with Gasteiger partial charge in [0.1, 0.15) is 12.2 Å². The number of aliphatic imine (C=N–C) groups is 1. The molecule has 1 saturated heterocycles. The van der Waals surface area contributed by atoms with Crippen LogP contribution in [-0.2, 0) is 19.5 Å². The first kappa shape index (κ1) is 25.6. The Kier molecular flexibility index (Phi) is 11.3. The lowest BCUT2D eigenvalue weighted by atomic mass is 10.0. The maximum Gasteiger partial charge on any atom is 0.191 e. The van der Waals surface area contributed by atoms with E-state index < -0.39 is 0 Å². The topological polar surface area (TPSA) is 70.4 Å². The third-order valence-electron chi connectivity index (χ3n) is 5.45. The number of hydrogen-bond acceptors (Lipinski definition) is 4. The van der Waals surface area contributed by atoms with Crippen molar-refractivity contribution in [1.82, 2.24) is 30.3 Å². The summed E-state index contributed by atoms with van der Waals surface area (Å²) in [7, 11) is 0. The average molecular weight is 540 g/mol. The molecular formula is C23H38IN7. The number of aromatic nitrogens is 3. The molecule has 172 valence electrons. The van der Waals surface area contributed by atoms with Crippen molar-refractivity contribution in [3.05, 3.63) is 48.0 Å². The number of hydrogen-bond donors (Lipinski definition) is 2. The number of nitrogens with zero attached hydrogens (tertiary/aromatic N) is 5. The van der Waals surface area contributed by atoms with Gasteiger partial charge in [0.05, 0.1) is 0 Å². The van der Waals surface area contributed by atoms with Crippen molar-refractivity contribution in [2.45, 2.75) is 59.2 Å². The van der Waals surface area contributed by atoms with Crippen LogP contribution in [0.15, 0.2) is 41.7 Å². The van der Waals surface area contributed by atoms with E-state index in [0.717, 1.165) is 70.3 Å². The predicted octanol–water partition coefficient (Wildman–Crippen LogP) is 3.31. The van der Waals surface area contributed by atoms with Gasteiger partial charge in [-0.1, -0.05) is 51.1 Å². The highest BCUT2D eigenvalue weighted by molar-refractivity contribution is 14.0. The Bertz CT molecular complexity index is 767. The van der Waals surface area contributed by atoms with Gasteiger partial charge in [-0.15, -0.1) is 34.2 Å². The highest BCUT2D eigenvalue weighted by Crippen LogP contribution is 2.14. The van der Waals surface area contributed by atoms with Gasteiger partial charge >= 0.3 is 0 Å². The quantitative estimate of drug-likeness (QED) is 0.291. The van der Waals surface area contributed by atoms with Gasteiger partial charge in [-0.05, 0) is 24.3 Å². The second-order valence-corrected chi connectivity index (χ2v) is 8.48. The van der Waals surface area contributed by atoms with Crippen LogP contribution < -0.4 is 10.6 Å². The minimum Gasteiger partial charge on any atom is -0.355 e. The van der Waals surface area contributed by atoms with Crippen LogP contribution >= 0.6 is 24.0 Å². The van der Waals surface area contributed by atoms with E-state index in [4.69, 9.17) is 4.99 Å². The largest absolute Gasteiger partial charge is 0.355 e. The molecule has 0 amide bonds. The zero-order valence-electron chi connectivity index (χ0n) is 19.1. The number of likely N-dealkylation sites (tertiary alicyclic amines) is 1. The first-order valence-electron chi connectivity index (χ1n) is 11.3. The van der Waals surface area contributed by atoms with Gasteiger partial charge < -0.3 is 15.2 Å². The number of benzene rings is 1.